The maximum absolute atomic E-state index is 12.1. The van der Waals surface area contributed by atoms with E-state index in [0.29, 0.717) is 18.8 Å². The zero-order valence-corrected chi connectivity index (χ0v) is 11.7. The molecule has 1 aliphatic heterocycles. The van der Waals surface area contributed by atoms with Crippen LogP contribution in [0.4, 0.5) is 0 Å². The fourth-order valence-corrected chi connectivity index (χ4v) is 2.33. The molecule has 0 bridgehead atoms. The summed E-state index contributed by atoms with van der Waals surface area (Å²) in [6.45, 7) is 3.37. The lowest BCUT2D eigenvalue weighted by Crippen LogP contribution is -2.42. The van der Waals surface area contributed by atoms with Gasteiger partial charge in [-0.15, -0.1) is 0 Å². The van der Waals surface area contributed by atoms with Crippen LogP contribution in [0.3, 0.4) is 0 Å². The zero-order valence-electron chi connectivity index (χ0n) is 11.7. The van der Waals surface area contributed by atoms with Gasteiger partial charge in [0.25, 0.3) is 5.56 Å². The molecule has 20 heavy (non-hydrogen) atoms. The van der Waals surface area contributed by atoms with E-state index >= 15 is 0 Å². The van der Waals surface area contributed by atoms with Gasteiger partial charge in [-0.3, -0.25) is 9.59 Å². The largest absolute Gasteiger partial charge is 0.381 e. The molecule has 110 valence electrons. The zero-order chi connectivity index (χ0) is 14.5. The lowest BCUT2D eigenvalue weighted by Gasteiger charge is -2.23. The number of hydrogen-bond acceptors (Lipinski definition) is 4. The third-order valence-corrected chi connectivity index (χ3v) is 3.58. The average Bonchev–Trinajstić information content (AvgIpc) is 2.45. The molecule has 1 amide bonds. The van der Waals surface area contributed by atoms with Crippen molar-refractivity contribution in [1.29, 1.82) is 0 Å². The van der Waals surface area contributed by atoms with Crippen LogP contribution in [0, 0.1) is 6.92 Å². The molecular formula is C14H21N3O3. The molecule has 1 fully saturated rings. The highest BCUT2D eigenvalue weighted by molar-refractivity contribution is 5.76. The van der Waals surface area contributed by atoms with Crippen LogP contribution >= 0.6 is 0 Å². The van der Waals surface area contributed by atoms with Crippen molar-refractivity contribution < 1.29 is 9.53 Å². The van der Waals surface area contributed by atoms with Crippen molar-refractivity contribution in [3.63, 3.8) is 0 Å². The lowest BCUT2D eigenvalue weighted by atomic mass is 10.1. The maximum atomic E-state index is 12.1. The van der Waals surface area contributed by atoms with Crippen LogP contribution in [0.25, 0.3) is 0 Å². The van der Waals surface area contributed by atoms with Gasteiger partial charge in [-0.25, -0.2) is 0 Å². The second kappa shape index (κ2) is 6.67. The second-order valence-electron chi connectivity index (χ2n) is 5.05. The van der Waals surface area contributed by atoms with E-state index < -0.39 is 0 Å². The van der Waals surface area contributed by atoms with Gasteiger partial charge in [0.2, 0.25) is 5.91 Å². The Balaban J connectivity index is 2.05. The lowest BCUT2D eigenvalue weighted by molar-refractivity contribution is -0.123. The van der Waals surface area contributed by atoms with Gasteiger partial charge >= 0.3 is 0 Å². The van der Waals surface area contributed by atoms with Crippen LogP contribution in [0.15, 0.2) is 16.9 Å². The Morgan fingerprint density at radius 1 is 1.45 bits per heavy atom. The Bertz CT molecular complexity index is 533. The van der Waals surface area contributed by atoms with Crippen LogP contribution in [0.1, 0.15) is 24.1 Å². The first-order valence-electron chi connectivity index (χ1n) is 6.88. The van der Waals surface area contributed by atoms with Crippen LogP contribution in [0.2, 0.25) is 0 Å². The van der Waals surface area contributed by atoms with Crippen molar-refractivity contribution in [2.24, 2.45) is 5.73 Å². The molecule has 1 aromatic rings. The quantitative estimate of drug-likeness (QED) is 0.806. The van der Waals surface area contributed by atoms with E-state index in [1.54, 1.807) is 6.07 Å². The topological polar surface area (TPSA) is 86.4 Å². The fourth-order valence-electron chi connectivity index (χ4n) is 2.33. The minimum absolute atomic E-state index is 0.0376. The summed E-state index contributed by atoms with van der Waals surface area (Å²) in [5, 5.41) is 2.95. The Kier molecular flexibility index (Phi) is 4.92. The highest BCUT2D eigenvalue weighted by Crippen LogP contribution is 2.06. The molecule has 1 aromatic heterocycles. The highest BCUT2D eigenvalue weighted by Gasteiger charge is 2.17. The van der Waals surface area contributed by atoms with Gasteiger partial charge in [0.15, 0.2) is 0 Å². The summed E-state index contributed by atoms with van der Waals surface area (Å²) in [6.07, 6.45) is 1.64. The Morgan fingerprint density at radius 2 is 2.15 bits per heavy atom. The van der Waals surface area contributed by atoms with E-state index in [4.69, 9.17) is 10.5 Å². The molecule has 6 heteroatoms. The Morgan fingerprint density at radius 3 is 2.80 bits per heavy atom. The Hall–Kier alpha value is -1.66. The van der Waals surface area contributed by atoms with Crippen molar-refractivity contribution in [3.8, 4) is 0 Å². The number of pyridine rings is 1. The van der Waals surface area contributed by atoms with Gasteiger partial charge in [0.05, 0.1) is 0 Å². The molecule has 2 heterocycles. The molecular weight excluding hydrogens is 258 g/mol. The van der Waals surface area contributed by atoms with Crippen LogP contribution in [0.5, 0.6) is 0 Å². The normalized spacial score (nSPS) is 16.1. The minimum atomic E-state index is -0.186. The summed E-state index contributed by atoms with van der Waals surface area (Å²) in [6, 6.07) is 3.67. The smallest absolute Gasteiger partial charge is 0.255 e. The number of rotatable bonds is 4. The molecule has 0 aliphatic carbocycles. The molecule has 0 unspecified atom stereocenters. The van der Waals surface area contributed by atoms with E-state index in [2.05, 4.69) is 5.32 Å². The predicted octanol–water partition coefficient (Wildman–Crippen LogP) is -0.0894. The fraction of sp³-hybridized carbons (Fsp3) is 0.571. The van der Waals surface area contributed by atoms with Gasteiger partial charge in [0, 0.05) is 37.1 Å². The molecule has 0 radical (unpaired) electrons. The summed E-state index contributed by atoms with van der Waals surface area (Å²) in [5.74, 6) is -0.142. The number of carbonyl (C=O) groups excluding carboxylic acids is 1. The molecule has 0 spiro atoms. The maximum Gasteiger partial charge on any atom is 0.255 e. The van der Waals surface area contributed by atoms with Crippen molar-refractivity contribution in [1.82, 2.24) is 9.88 Å². The number of carbonyl (C=O) groups is 1. The molecule has 0 aromatic carbocycles. The monoisotopic (exact) mass is 279 g/mol. The predicted molar refractivity (Wildman–Crippen MR) is 75.3 cm³/mol. The summed E-state index contributed by atoms with van der Waals surface area (Å²) < 4.78 is 6.72. The van der Waals surface area contributed by atoms with Gasteiger partial charge in [-0.2, -0.15) is 0 Å². The molecule has 3 N–H and O–H groups in total. The van der Waals surface area contributed by atoms with Crippen LogP contribution in [-0.2, 0) is 22.6 Å². The molecule has 2 rings (SSSR count). The minimum Gasteiger partial charge on any atom is -0.381 e. The van der Waals surface area contributed by atoms with Crippen molar-refractivity contribution in [2.45, 2.75) is 38.9 Å². The first-order valence-corrected chi connectivity index (χ1v) is 6.88. The third kappa shape index (κ3) is 3.46. The number of aromatic nitrogens is 1. The molecule has 6 nitrogen and oxygen atoms in total. The van der Waals surface area contributed by atoms with Crippen LogP contribution < -0.4 is 16.6 Å². The van der Waals surface area contributed by atoms with Crippen molar-refractivity contribution in [3.05, 3.63) is 33.7 Å². The van der Waals surface area contributed by atoms with E-state index in [9.17, 15) is 9.59 Å². The van der Waals surface area contributed by atoms with Gasteiger partial charge in [0.1, 0.15) is 6.54 Å². The van der Waals surface area contributed by atoms with Gasteiger partial charge in [-0.05, 0) is 25.8 Å². The number of nitrogens with one attached hydrogen (secondary N) is 1. The van der Waals surface area contributed by atoms with Gasteiger partial charge in [-0.1, -0.05) is 6.07 Å². The number of nitrogens with zero attached hydrogens (tertiary/aromatic N) is 1. The van der Waals surface area contributed by atoms with Crippen LogP contribution in [-0.4, -0.2) is 29.7 Å². The Labute approximate surface area is 117 Å². The highest BCUT2D eigenvalue weighted by atomic mass is 16.5. The van der Waals surface area contributed by atoms with E-state index in [1.165, 1.54) is 4.57 Å². The number of ether oxygens (including phenoxy) is 1. The summed E-state index contributed by atoms with van der Waals surface area (Å²) in [4.78, 5) is 24.2. The van der Waals surface area contributed by atoms with Gasteiger partial charge < -0.3 is 20.4 Å². The first-order chi connectivity index (χ1) is 9.61. The SMILES string of the molecule is Cc1ccc(CN)c(=O)n1CC(=O)NC1CCOCC1. The summed E-state index contributed by atoms with van der Waals surface area (Å²) in [7, 11) is 0. The third-order valence-electron chi connectivity index (χ3n) is 3.58. The van der Waals surface area contributed by atoms with E-state index in [-0.39, 0.29) is 30.6 Å². The number of amides is 1. The standard InChI is InChI=1S/C14H21N3O3/c1-10-2-3-11(8-15)14(19)17(10)9-13(18)16-12-4-6-20-7-5-12/h2-3,12H,4-9,15H2,1H3,(H,16,18). The number of aryl methyl sites for hydroxylation is 1. The second-order valence-corrected chi connectivity index (χ2v) is 5.05. The van der Waals surface area contributed by atoms with E-state index in [1.807, 2.05) is 13.0 Å². The summed E-state index contributed by atoms with van der Waals surface area (Å²) >= 11 is 0. The summed E-state index contributed by atoms with van der Waals surface area (Å²) in [5.41, 5.74) is 6.62. The number of nitrogens with two attached hydrogens (primary N) is 1. The van der Waals surface area contributed by atoms with Crippen molar-refractivity contribution in [2.75, 3.05) is 13.2 Å². The van der Waals surface area contributed by atoms with E-state index in [0.717, 1.165) is 18.5 Å². The van der Waals surface area contributed by atoms with Crippen molar-refractivity contribution >= 4 is 5.91 Å². The molecule has 1 aliphatic rings. The molecule has 1 saturated heterocycles. The number of hydrogen-bond donors (Lipinski definition) is 2. The average molecular weight is 279 g/mol. The molecule has 0 saturated carbocycles. The molecule has 0 atom stereocenters. The first kappa shape index (κ1) is 14.7.